The van der Waals surface area contributed by atoms with Crippen molar-refractivity contribution in [1.29, 1.82) is 0 Å². The fourth-order valence-corrected chi connectivity index (χ4v) is 4.08. The first kappa shape index (κ1) is 19.8. The summed E-state index contributed by atoms with van der Waals surface area (Å²) in [5, 5.41) is 3.10. The largest absolute Gasteiger partial charge is 0.486 e. The van der Waals surface area contributed by atoms with Crippen molar-refractivity contribution >= 4 is 33.4 Å². The highest BCUT2D eigenvalue weighted by atomic mass is 79.9. The molecule has 0 aromatic heterocycles. The number of halogens is 1. The Morgan fingerprint density at radius 2 is 1.90 bits per heavy atom. The minimum absolute atomic E-state index is 0.0413. The van der Waals surface area contributed by atoms with Crippen molar-refractivity contribution < 1.29 is 19.1 Å². The number of benzene rings is 2. The molecule has 0 saturated carbocycles. The maximum atomic E-state index is 13.0. The van der Waals surface area contributed by atoms with Crippen LogP contribution in [-0.4, -0.2) is 31.6 Å². The number of fused-ring (bicyclic) bond motifs is 1. The summed E-state index contributed by atoms with van der Waals surface area (Å²) in [6, 6.07) is 13.3. The Balaban J connectivity index is 1.46. The molecule has 2 aromatic carbocycles. The van der Waals surface area contributed by atoms with Crippen LogP contribution in [0.1, 0.15) is 25.8 Å². The molecule has 0 aliphatic carbocycles. The molecule has 1 fully saturated rings. The van der Waals surface area contributed by atoms with Crippen molar-refractivity contribution in [2.75, 3.05) is 24.7 Å². The van der Waals surface area contributed by atoms with Gasteiger partial charge in [0.25, 0.3) is 0 Å². The summed E-state index contributed by atoms with van der Waals surface area (Å²) in [5.74, 6) is 0.843. The van der Waals surface area contributed by atoms with E-state index in [2.05, 4.69) is 21.2 Å². The number of carbonyl (C=O) groups is 2. The monoisotopic (exact) mass is 458 g/mol. The third-order valence-corrected chi connectivity index (χ3v) is 5.81. The van der Waals surface area contributed by atoms with Gasteiger partial charge in [0, 0.05) is 23.1 Å². The summed E-state index contributed by atoms with van der Waals surface area (Å²) in [4.78, 5) is 27.1. The summed E-state index contributed by atoms with van der Waals surface area (Å²) in [5.41, 5.74) is 1.10. The fourth-order valence-electron chi connectivity index (χ4n) is 3.69. The zero-order valence-electron chi connectivity index (χ0n) is 16.4. The van der Waals surface area contributed by atoms with Crippen LogP contribution in [0.3, 0.4) is 0 Å². The van der Waals surface area contributed by atoms with Crippen LogP contribution < -0.4 is 19.7 Å². The molecule has 29 heavy (non-hydrogen) atoms. The van der Waals surface area contributed by atoms with Gasteiger partial charge >= 0.3 is 0 Å². The van der Waals surface area contributed by atoms with Crippen LogP contribution in [0, 0.1) is 5.92 Å². The first-order valence-corrected chi connectivity index (χ1v) is 10.4. The minimum atomic E-state index is -0.612. The SMILES string of the molecule is CC(C)(NC(=O)C1CC(=O)N(c2cccc(Br)c2)C1)c1ccc2c(c1)OCCO2. The number of carbonyl (C=O) groups excluding carboxylic acids is 2. The number of hydrogen-bond donors (Lipinski definition) is 1. The second-order valence-corrected chi connectivity index (χ2v) is 8.77. The Labute approximate surface area is 178 Å². The summed E-state index contributed by atoms with van der Waals surface area (Å²) in [7, 11) is 0. The predicted molar refractivity (Wildman–Crippen MR) is 113 cm³/mol. The predicted octanol–water partition coefficient (Wildman–Crippen LogP) is 3.62. The van der Waals surface area contributed by atoms with E-state index in [1.165, 1.54) is 0 Å². The average Bonchev–Trinajstić information content (AvgIpc) is 3.09. The average molecular weight is 459 g/mol. The highest BCUT2D eigenvalue weighted by Gasteiger charge is 2.37. The van der Waals surface area contributed by atoms with Gasteiger partial charge in [-0.05, 0) is 49.7 Å². The third-order valence-electron chi connectivity index (χ3n) is 5.32. The summed E-state index contributed by atoms with van der Waals surface area (Å²) < 4.78 is 12.1. The van der Waals surface area contributed by atoms with Crippen molar-refractivity contribution in [2.45, 2.75) is 25.8 Å². The molecule has 1 atom stereocenters. The molecule has 7 heteroatoms. The lowest BCUT2D eigenvalue weighted by molar-refractivity contribution is -0.127. The number of nitrogens with zero attached hydrogens (tertiary/aromatic N) is 1. The molecule has 1 unspecified atom stereocenters. The third kappa shape index (κ3) is 4.10. The molecular weight excluding hydrogens is 436 g/mol. The molecule has 1 N–H and O–H groups in total. The normalized spacial score (nSPS) is 18.7. The molecule has 2 aromatic rings. The molecule has 6 nitrogen and oxygen atoms in total. The Morgan fingerprint density at radius 3 is 2.66 bits per heavy atom. The second kappa shape index (κ2) is 7.71. The van der Waals surface area contributed by atoms with Gasteiger partial charge in [-0.15, -0.1) is 0 Å². The van der Waals surface area contributed by atoms with Crippen molar-refractivity contribution in [1.82, 2.24) is 5.32 Å². The van der Waals surface area contributed by atoms with E-state index in [0.29, 0.717) is 31.3 Å². The topological polar surface area (TPSA) is 67.9 Å². The quantitative estimate of drug-likeness (QED) is 0.759. The molecule has 4 rings (SSSR count). The maximum Gasteiger partial charge on any atom is 0.227 e. The van der Waals surface area contributed by atoms with Crippen molar-refractivity contribution in [3.8, 4) is 11.5 Å². The highest BCUT2D eigenvalue weighted by molar-refractivity contribution is 9.10. The molecule has 1 saturated heterocycles. The van der Waals surface area contributed by atoms with Gasteiger partial charge in [-0.25, -0.2) is 0 Å². The van der Waals surface area contributed by atoms with E-state index in [1.54, 1.807) is 4.90 Å². The number of hydrogen-bond acceptors (Lipinski definition) is 4. The van der Waals surface area contributed by atoms with Crippen LogP contribution in [0.5, 0.6) is 11.5 Å². The molecule has 0 radical (unpaired) electrons. The lowest BCUT2D eigenvalue weighted by Gasteiger charge is -2.30. The first-order chi connectivity index (χ1) is 13.8. The summed E-state index contributed by atoms with van der Waals surface area (Å²) in [6.45, 7) is 5.31. The summed E-state index contributed by atoms with van der Waals surface area (Å²) >= 11 is 3.43. The van der Waals surface area contributed by atoms with Gasteiger partial charge in [0.15, 0.2) is 11.5 Å². The van der Waals surface area contributed by atoms with Crippen LogP contribution in [0.4, 0.5) is 5.69 Å². The molecule has 2 aliphatic heterocycles. The van der Waals surface area contributed by atoms with Crippen molar-refractivity contribution in [3.63, 3.8) is 0 Å². The van der Waals surface area contributed by atoms with Gasteiger partial charge in [0.1, 0.15) is 13.2 Å². The Morgan fingerprint density at radius 1 is 1.14 bits per heavy atom. The maximum absolute atomic E-state index is 13.0. The zero-order chi connectivity index (χ0) is 20.6. The van der Waals surface area contributed by atoms with Crippen LogP contribution in [0.2, 0.25) is 0 Å². The Bertz CT molecular complexity index is 960. The van der Waals surface area contributed by atoms with E-state index in [9.17, 15) is 9.59 Å². The van der Waals surface area contributed by atoms with E-state index in [4.69, 9.17) is 9.47 Å². The number of ether oxygens (including phenoxy) is 2. The molecule has 2 amide bonds. The second-order valence-electron chi connectivity index (χ2n) is 7.86. The highest BCUT2D eigenvalue weighted by Crippen LogP contribution is 2.35. The molecule has 0 bridgehead atoms. The van der Waals surface area contributed by atoms with E-state index >= 15 is 0 Å². The van der Waals surface area contributed by atoms with Gasteiger partial charge in [-0.3, -0.25) is 9.59 Å². The zero-order valence-corrected chi connectivity index (χ0v) is 18.0. The number of rotatable bonds is 4. The molecular formula is C22H23BrN2O4. The van der Waals surface area contributed by atoms with E-state index in [-0.39, 0.29) is 18.2 Å². The van der Waals surface area contributed by atoms with Gasteiger partial charge in [-0.1, -0.05) is 28.1 Å². The molecule has 152 valence electrons. The van der Waals surface area contributed by atoms with E-state index in [0.717, 1.165) is 15.7 Å². The number of nitrogens with one attached hydrogen (secondary N) is 1. The Kier molecular flexibility index (Phi) is 5.25. The van der Waals surface area contributed by atoms with Crippen molar-refractivity contribution in [3.05, 3.63) is 52.5 Å². The minimum Gasteiger partial charge on any atom is -0.486 e. The van der Waals surface area contributed by atoms with E-state index < -0.39 is 11.5 Å². The van der Waals surface area contributed by atoms with Crippen LogP contribution in [0.15, 0.2) is 46.9 Å². The smallest absolute Gasteiger partial charge is 0.227 e. The van der Waals surface area contributed by atoms with Gasteiger partial charge in [-0.2, -0.15) is 0 Å². The fraction of sp³-hybridized carbons (Fsp3) is 0.364. The lowest BCUT2D eigenvalue weighted by atomic mass is 9.92. The first-order valence-electron chi connectivity index (χ1n) is 9.61. The standard InChI is InChI=1S/C22H23BrN2O4/c1-22(2,15-6-7-18-19(11-15)29-9-8-28-18)24-21(27)14-10-20(26)25(13-14)17-5-3-4-16(23)12-17/h3-7,11-12,14H,8-10,13H2,1-2H3,(H,24,27). The van der Waals surface area contributed by atoms with Crippen LogP contribution >= 0.6 is 15.9 Å². The van der Waals surface area contributed by atoms with Gasteiger partial charge in [0.2, 0.25) is 11.8 Å². The molecule has 2 heterocycles. The van der Waals surface area contributed by atoms with Gasteiger partial charge < -0.3 is 19.7 Å². The van der Waals surface area contributed by atoms with E-state index in [1.807, 2.05) is 56.3 Å². The number of amides is 2. The summed E-state index contributed by atoms with van der Waals surface area (Å²) in [6.07, 6.45) is 0.204. The molecule has 0 spiro atoms. The lowest BCUT2D eigenvalue weighted by Crippen LogP contribution is -2.44. The van der Waals surface area contributed by atoms with Crippen molar-refractivity contribution in [2.24, 2.45) is 5.92 Å². The van der Waals surface area contributed by atoms with Crippen LogP contribution in [0.25, 0.3) is 0 Å². The van der Waals surface area contributed by atoms with Crippen LogP contribution in [-0.2, 0) is 15.1 Å². The Hall–Kier alpha value is -2.54. The molecule has 2 aliphatic rings. The van der Waals surface area contributed by atoms with Gasteiger partial charge in [0.05, 0.1) is 11.5 Å². The number of anilines is 1.